The second kappa shape index (κ2) is 11.1. The Morgan fingerprint density at radius 1 is 1.00 bits per heavy atom. The van der Waals surface area contributed by atoms with Gasteiger partial charge in [-0.25, -0.2) is 4.79 Å². The van der Waals surface area contributed by atoms with Crippen LogP contribution in [-0.2, 0) is 9.53 Å². The largest absolute Gasteiger partial charge is 0.444 e. The van der Waals surface area contributed by atoms with Crippen LogP contribution in [0.1, 0.15) is 79.1 Å². The maximum Gasteiger partial charge on any atom is 0.408 e. The standard InChI is InChI=1S/C33H42F2N2O5/c1-30(2,3)42-29(39)36-33-15-12-32(13-16-33,14-17-33)21-37(27(38)24-19-31(4,40)20-24)25-7-5-6-23(18-25)22-8-10-26(11-9-22)41-28(34)35/h5-11,18,24,28,40H,12-17,19-21H2,1-4H3,(H,36,39)/t24-,31+,32?,33?. The minimum Gasteiger partial charge on any atom is -0.444 e. The summed E-state index contributed by atoms with van der Waals surface area (Å²) >= 11 is 0. The van der Waals surface area contributed by atoms with Crippen LogP contribution >= 0.6 is 0 Å². The van der Waals surface area contributed by atoms with Crippen molar-refractivity contribution < 1.29 is 33.0 Å². The van der Waals surface area contributed by atoms with E-state index in [1.807, 2.05) is 49.9 Å². The third-order valence-electron chi connectivity index (χ3n) is 9.22. The van der Waals surface area contributed by atoms with Crippen molar-refractivity contribution in [2.45, 2.75) is 102 Å². The third kappa shape index (κ3) is 6.88. The van der Waals surface area contributed by atoms with E-state index in [4.69, 9.17) is 4.74 Å². The fraction of sp³-hybridized carbons (Fsp3) is 0.576. The van der Waals surface area contributed by atoms with E-state index in [2.05, 4.69) is 10.1 Å². The van der Waals surface area contributed by atoms with Gasteiger partial charge in [0.1, 0.15) is 11.4 Å². The molecular formula is C33H42F2N2O5. The highest BCUT2D eigenvalue weighted by Crippen LogP contribution is 2.53. The van der Waals surface area contributed by atoms with Gasteiger partial charge < -0.3 is 24.8 Å². The number of hydrogen-bond acceptors (Lipinski definition) is 5. The van der Waals surface area contributed by atoms with Crippen LogP contribution in [0.4, 0.5) is 19.3 Å². The molecule has 6 rings (SSSR count). The first-order chi connectivity index (χ1) is 19.7. The summed E-state index contributed by atoms with van der Waals surface area (Å²) in [6.07, 6.45) is 5.66. The predicted octanol–water partition coefficient (Wildman–Crippen LogP) is 7.07. The molecule has 2 aromatic rings. The summed E-state index contributed by atoms with van der Waals surface area (Å²) < 4.78 is 35.2. The lowest BCUT2D eigenvalue weighted by Gasteiger charge is -2.55. The van der Waals surface area contributed by atoms with E-state index >= 15 is 0 Å². The first kappa shape index (κ1) is 30.3. The van der Waals surface area contributed by atoms with Gasteiger partial charge in [-0.1, -0.05) is 24.3 Å². The Morgan fingerprint density at radius 2 is 1.62 bits per heavy atom. The predicted molar refractivity (Wildman–Crippen MR) is 156 cm³/mol. The summed E-state index contributed by atoms with van der Waals surface area (Å²) in [6.45, 7) is 5.02. The number of benzene rings is 2. The lowest BCUT2D eigenvalue weighted by atomic mass is 9.57. The van der Waals surface area contributed by atoms with Gasteiger partial charge >= 0.3 is 12.7 Å². The molecule has 2 aromatic carbocycles. The molecule has 0 saturated heterocycles. The average molecular weight is 585 g/mol. The van der Waals surface area contributed by atoms with Crippen molar-refractivity contribution in [1.82, 2.24) is 5.32 Å². The Labute approximate surface area is 246 Å². The van der Waals surface area contributed by atoms with Gasteiger partial charge in [0.2, 0.25) is 5.91 Å². The van der Waals surface area contributed by atoms with E-state index in [0.29, 0.717) is 19.4 Å². The van der Waals surface area contributed by atoms with Gasteiger partial charge in [0.25, 0.3) is 0 Å². The number of carbonyl (C=O) groups is 2. The number of carbonyl (C=O) groups excluding carboxylic acids is 2. The summed E-state index contributed by atoms with van der Waals surface area (Å²) in [7, 11) is 0. The second-order valence-electron chi connectivity index (χ2n) is 13.9. The van der Waals surface area contributed by atoms with Crippen molar-refractivity contribution in [3.05, 3.63) is 48.5 Å². The highest BCUT2D eigenvalue weighted by atomic mass is 19.3. The fourth-order valence-corrected chi connectivity index (χ4v) is 6.92. The Hall–Kier alpha value is -3.20. The Balaban J connectivity index is 1.35. The molecule has 4 aliphatic rings. The highest BCUT2D eigenvalue weighted by molar-refractivity contribution is 5.96. The molecular weight excluding hydrogens is 542 g/mol. The molecule has 9 heteroatoms. The van der Waals surface area contributed by atoms with E-state index < -0.39 is 17.8 Å². The molecule has 0 atom stereocenters. The molecule has 0 aromatic heterocycles. The molecule has 4 aliphatic carbocycles. The zero-order valence-corrected chi connectivity index (χ0v) is 24.9. The molecule has 42 heavy (non-hydrogen) atoms. The molecule has 2 bridgehead atoms. The fourth-order valence-electron chi connectivity index (χ4n) is 6.92. The monoisotopic (exact) mass is 584 g/mol. The van der Waals surface area contributed by atoms with Gasteiger partial charge in [0, 0.05) is 23.7 Å². The smallest absolute Gasteiger partial charge is 0.408 e. The number of anilines is 1. The van der Waals surface area contributed by atoms with Gasteiger partial charge in [-0.3, -0.25) is 4.79 Å². The van der Waals surface area contributed by atoms with Crippen LogP contribution in [0.5, 0.6) is 5.75 Å². The molecule has 0 aliphatic heterocycles. The number of nitrogens with zero attached hydrogens (tertiary/aromatic N) is 1. The van der Waals surface area contributed by atoms with Crippen LogP contribution in [0.15, 0.2) is 48.5 Å². The van der Waals surface area contributed by atoms with E-state index in [1.54, 1.807) is 19.1 Å². The van der Waals surface area contributed by atoms with Crippen molar-refractivity contribution in [2.24, 2.45) is 11.3 Å². The Kier molecular flexibility index (Phi) is 8.02. The number of ether oxygens (including phenoxy) is 2. The SMILES string of the molecule is CC(C)(C)OC(=O)NC12CCC(CN(c3cccc(-c4ccc(OC(F)F)cc4)c3)C(=O)[C@H]3C[C@@](C)(O)C3)(CC1)CC2. The summed E-state index contributed by atoms with van der Waals surface area (Å²) in [5.41, 5.74) is 0.743. The zero-order chi connectivity index (χ0) is 30.3. The first-order valence-electron chi connectivity index (χ1n) is 14.9. The van der Waals surface area contributed by atoms with Crippen LogP contribution < -0.4 is 15.0 Å². The van der Waals surface area contributed by atoms with Crippen molar-refractivity contribution in [1.29, 1.82) is 0 Å². The van der Waals surface area contributed by atoms with Gasteiger partial charge in [-0.05, 0) is 120 Å². The minimum atomic E-state index is -2.89. The van der Waals surface area contributed by atoms with Crippen LogP contribution in [0, 0.1) is 11.3 Å². The zero-order valence-electron chi connectivity index (χ0n) is 24.9. The molecule has 0 radical (unpaired) electrons. The normalized spacial score (nSPS) is 28.6. The lowest BCUT2D eigenvalue weighted by Crippen LogP contribution is -2.60. The van der Waals surface area contributed by atoms with Gasteiger partial charge in [-0.15, -0.1) is 0 Å². The lowest BCUT2D eigenvalue weighted by molar-refractivity contribution is -0.137. The molecule has 4 saturated carbocycles. The summed E-state index contributed by atoms with van der Waals surface area (Å²) in [5.74, 6) is -0.140. The molecule has 0 heterocycles. The van der Waals surface area contributed by atoms with Crippen molar-refractivity contribution in [3.63, 3.8) is 0 Å². The molecule has 2 amide bonds. The first-order valence-corrected chi connectivity index (χ1v) is 14.9. The quantitative estimate of drug-likeness (QED) is 0.347. The van der Waals surface area contributed by atoms with Crippen molar-refractivity contribution in [3.8, 4) is 16.9 Å². The van der Waals surface area contributed by atoms with Crippen LogP contribution in [0.3, 0.4) is 0 Å². The Morgan fingerprint density at radius 3 is 2.17 bits per heavy atom. The molecule has 0 spiro atoms. The Bertz CT molecular complexity index is 1270. The van der Waals surface area contributed by atoms with Crippen molar-refractivity contribution >= 4 is 17.7 Å². The van der Waals surface area contributed by atoms with E-state index in [0.717, 1.165) is 55.3 Å². The average Bonchev–Trinajstić information content (AvgIpc) is 2.90. The number of nitrogens with one attached hydrogen (secondary N) is 1. The summed E-state index contributed by atoms with van der Waals surface area (Å²) in [5, 5.41) is 13.5. The van der Waals surface area contributed by atoms with E-state index in [9.17, 15) is 23.5 Å². The number of alkyl carbamates (subject to hydrolysis) is 1. The number of alkyl halides is 2. The summed E-state index contributed by atoms with van der Waals surface area (Å²) in [4.78, 5) is 28.4. The number of halogens is 2. The van der Waals surface area contributed by atoms with Crippen LogP contribution in [-0.4, -0.2) is 47.0 Å². The van der Waals surface area contributed by atoms with Gasteiger partial charge in [0.15, 0.2) is 0 Å². The number of amides is 2. The minimum absolute atomic E-state index is 0.0167. The molecule has 0 unspecified atom stereocenters. The molecule has 228 valence electrons. The maximum atomic E-state index is 13.9. The molecule has 2 N–H and O–H groups in total. The number of fused-ring (bicyclic) bond motifs is 3. The van der Waals surface area contributed by atoms with E-state index in [1.165, 1.54) is 12.1 Å². The topological polar surface area (TPSA) is 88.1 Å². The number of hydrogen-bond donors (Lipinski definition) is 2. The van der Waals surface area contributed by atoms with Crippen LogP contribution in [0.25, 0.3) is 11.1 Å². The maximum absolute atomic E-state index is 13.9. The van der Waals surface area contributed by atoms with Crippen LogP contribution in [0.2, 0.25) is 0 Å². The van der Waals surface area contributed by atoms with Gasteiger partial charge in [0.05, 0.1) is 5.60 Å². The second-order valence-corrected chi connectivity index (χ2v) is 13.9. The summed E-state index contributed by atoms with van der Waals surface area (Å²) in [6, 6.07) is 14.2. The van der Waals surface area contributed by atoms with Gasteiger partial charge in [-0.2, -0.15) is 8.78 Å². The van der Waals surface area contributed by atoms with E-state index in [-0.39, 0.29) is 34.6 Å². The highest BCUT2D eigenvalue weighted by Gasteiger charge is 2.52. The number of rotatable bonds is 8. The molecule has 7 nitrogen and oxygen atoms in total. The number of aliphatic hydroxyl groups is 1. The molecule has 4 fully saturated rings. The third-order valence-corrected chi connectivity index (χ3v) is 9.22. The van der Waals surface area contributed by atoms with Crippen molar-refractivity contribution in [2.75, 3.05) is 11.4 Å².